The minimum absolute atomic E-state index is 0.287. The van der Waals surface area contributed by atoms with Crippen LogP contribution in [0.1, 0.15) is 188 Å². The van der Waals surface area contributed by atoms with Gasteiger partial charge in [0.25, 0.3) is 0 Å². The maximum Gasteiger partial charge on any atom is -0.0209 e. The molecule has 33 heavy (non-hydrogen) atoms. The van der Waals surface area contributed by atoms with E-state index in [0.29, 0.717) is 0 Å². The van der Waals surface area contributed by atoms with Gasteiger partial charge in [-0.1, -0.05) is 163 Å². The molecule has 200 valence electrons. The molecule has 0 heterocycles. The number of rotatable bonds is 28. The van der Waals surface area contributed by atoms with E-state index in [4.69, 9.17) is 0 Å². The smallest absolute Gasteiger partial charge is 0.0209 e. The Morgan fingerprint density at radius 2 is 0.606 bits per heavy atom. The van der Waals surface area contributed by atoms with E-state index in [0.717, 1.165) is 5.66 Å². The fourth-order valence-corrected chi connectivity index (χ4v) is 8.63. The Labute approximate surface area is 214 Å². The number of hydrogen-bond acceptors (Lipinski definition) is 0. The van der Waals surface area contributed by atoms with Gasteiger partial charge in [0.15, 0.2) is 0 Å². The molecule has 0 aliphatic rings. The molecule has 0 bridgehead atoms. The van der Waals surface area contributed by atoms with Crippen molar-refractivity contribution in [3.8, 4) is 0 Å². The fraction of sp³-hybridized carbons (Fsp3) is 1.00. The summed E-state index contributed by atoms with van der Waals surface area (Å²) >= 11 is 0. The van der Waals surface area contributed by atoms with E-state index in [9.17, 15) is 0 Å². The summed E-state index contributed by atoms with van der Waals surface area (Å²) in [5, 5.41) is 0. The van der Waals surface area contributed by atoms with Crippen LogP contribution >= 0.6 is 7.92 Å². The number of unbranched alkanes of at least 4 members (excludes halogenated alkanes) is 19. The molecule has 0 saturated carbocycles. The standard InChI is InChI=1S/C32H67P/c1-5-9-13-16-17-18-19-20-21-22-23-25-29-32(28-24-12-8-4)33(30-26-14-10-6-2)31-27-15-11-7-3/h32H,5-31H2,1-4H3. The Bertz CT molecular complexity index is 327. The van der Waals surface area contributed by atoms with Crippen LogP contribution in [-0.4, -0.2) is 18.0 Å². The summed E-state index contributed by atoms with van der Waals surface area (Å²) in [5.41, 5.74) is 1.10. The van der Waals surface area contributed by atoms with Crippen LogP contribution in [0.4, 0.5) is 0 Å². The molecule has 0 aromatic carbocycles. The van der Waals surface area contributed by atoms with Gasteiger partial charge in [0.2, 0.25) is 0 Å². The molecule has 0 radical (unpaired) electrons. The van der Waals surface area contributed by atoms with Crippen LogP contribution in [0.2, 0.25) is 0 Å². The zero-order valence-electron chi connectivity index (χ0n) is 24.1. The van der Waals surface area contributed by atoms with Crippen molar-refractivity contribution in [2.75, 3.05) is 12.3 Å². The minimum Gasteiger partial charge on any atom is -0.104 e. The second-order valence-electron chi connectivity index (χ2n) is 11.0. The average Bonchev–Trinajstić information content (AvgIpc) is 2.83. The van der Waals surface area contributed by atoms with Crippen molar-refractivity contribution in [3.05, 3.63) is 0 Å². The lowest BCUT2D eigenvalue weighted by Gasteiger charge is -2.29. The van der Waals surface area contributed by atoms with Gasteiger partial charge in [-0.3, -0.25) is 0 Å². The molecule has 0 aliphatic heterocycles. The summed E-state index contributed by atoms with van der Waals surface area (Å²) in [6.45, 7) is 9.40. The van der Waals surface area contributed by atoms with Crippen molar-refractivity contribution in [2.24, 2.45) is 0 Å². The molecule has 0 nitrogen and oxygen atoms in total. The third-order valence-corrected chi connectivity index (χ3v) is 11.0. The van der Waals surface area contributed by atoms with Crippen molar-refractivity contribution in [1.29, 1.82) is 0 Å². The Hall–Kier alpha value is 0.430. The van der Waals surface area contributed by atoms with Crippen molar-refractivity contribution in [2.45, 2.75) is 194 Å². The highest BCUT2D eigenvalue weighted by atomic mass is 31.1. The molecule has 0 spiro atoms. The lowest BCUT2D eigenvalue weighted by molar-refractivity contribution is 0.528. The van der Waals surface area contributed by atoms with Gasteiger partial charge in [-0.25, -0.2) is 0 Å². The van der Waals surface area contributed by atoms with E-state index < -0.39 is 0 Å². The van der Waals surface area contributed by atoms with E-state index in [2.05, 4.69) is 27.7 Å². The van der Waals surface area contributed by atoms with Gasteiger partial charge >= 0.3 is 0 Å². The van der Waals surface area contributed by atoms with Crippen LogP contribution in [0.15, 0.2) is 0 Å². The molecule has 0 saturated heterocycles. The van der Waals surface area contributed by atoms with Crippen molar-refractivity contribution in [1.82, 2.24) is 0 Å². The van der Waals surface area contributed by atoms with Gasteiger partial charge < -0.3 is 0 Å². The summed E-state index contributed by atoms with van der Waals surface area (Å²) in [4.78, 5) is 0. The molecule has 0 aromatic rings. The van der Waals surface area contributed by atoms with Crippen LogP contribution in [-0.2, 0) is 0 Å². The van der Waals surface area contributed by atoms with Crippen molar-refractivity contribution < 1.29 is 0 Å². The topological polar surface area (TPSA) is 0 Å². The first-order valence-corrected chi connectivity index (χ1v) is 17.8. The van der Waals surface area contributed by atoms with Crippen molar-refractivity contribution >= 4 is 7.92 Å². The van der Waals surface area contributed by atoms with Crippen molar-refractivity contribution in [3.63, 3.8) is 0 Å². The van der Waals surface area contributed by atoms with Gasteiger partial charge in [0.05, 0.1) is 0 Å². The molecule has 1 atom stereocenters. The van der Waals surface area contributed by atoms with Crippen LogP contribution in [0.5, 0.6) is 0 Å². The quantitative estimate of drug-likeness (QED) is 0.0768. The lowest BCUT2D eigenvalue weighted by Crippen LogP contribution is -2.11. The van der Waals surface area contributed by atoms with E-state index >= 15 is 0 Å². The minimum atomic E-state index is 0.287. The monoisotopic (exact) mass is 482 g/mol. The zero-order valence-corrected chi connectivity index (χ0v) is 25.0. The van der Waals surface area contributed by atoms with Gasteiger partial charge in [-0.2, -0.15) is 0 Å². The highest BCUT2D eigenvalue weighted by Gasteiger charge is 2.19. The Morgan fingerprint density at radius 3 is 1.00 bits per heavy atom. The van der Waals surface area contributed by atoms with E-state index in [1.165, 1.54) is 148 Å². The molecule has 0 aromatic heterocycles. The van der Waals surface area contributed by atoms with E-state index in [1.807, 2.05) is 0 Å². The first-order valence-electron chi connectivity index (χ1n) is 16.0. The Morgan fingerprint density at radius 1 is 0.333 bits per heavy atom. The highest BCUT2D eigenvalue weighted by molar-refractivity contribution is 7.58. The molecule has 0 fully saturated rings. The van der Waals surface area contributed by atoms with Gasteiger partial charge in [0, 0.05) is 0 Å². The van der Waals surface area contributed by atoms with Crippen LogP contribution in [0, 0.1) is 0 Å². The predicted molar refractivity (Wildman–Crippen MR) is 159 cm³/mol. The molecule has 0 rings (SSSR count). The third kappa shape index (κ3) is 23.9. The second kappa shape index (κ2) is 28.7. The Kier molecular flexibility index (Phi) is 29.0. The summed E-state index contributed by atoms with van der Waals surface area (Å²) in [6.07, 6.45) is 40.1. The van der Waals surface area contributed by atoms with E-state index in [1.54, 1.807) is 25.2 Å². The summed E-state index contributed by atoms with van der Waals surface area (Å²) in [6, 6.07) is 0. The normalized spacial score (nSPS) is 12.6. The lowest BCUT2D eigenvalue weighted by atomic mass is 10.0. The molecule has 0 aliphatic carbocycles. The first kappa shape index (κ1) is 33.4. The summed E-state index contributed by atoms with van der Waals surface area (Å²) in [7, 11) is 0.287. The third-order valence-electron chi connectivity index (χ3n) is 7.65. The van der Waals surface area contributed by atoms with Gasteiger partial charge in [-0.15, -0.1) is 7.92 Å². The summed E-state index contributed by atoms with van der Waals surface area (Å²) < 4.78 is 0. The van der Waals surface area contributed by atoms with Gasteiger partial charge in [0.1, 0.15) is 0 Å². The molecular weight excluding hydrogens is 415 g/mol. The average molecular weight is 483 g/mol. The molecular formula is C32H67P. The maximum atomic E-state index is 2.37. The van der Waals surface area contributed by atoms with Crippen LogP contribution < -0.4 is 0 Å². The fourth-order valence-electron chi connectivity index (χ4n) is 5.32. The zero-order chi connectivity index (χ0) is 24.2. The molecule has 1 heteroatoms. The predicted octanol–water partition coefficient (Wildman–Crippen LogP) is 12.7. The summed E-state index contributed by atoms with van der Waals surface area (Å²) in [5.74, 6) is 0. The second-order valence-corrected chi connectivity index (χ2v) is 13.8. The molecule has 0 amide bonds. The molecule has 1 unspecified atom stereocenters. The molecule has 0 N–H and O–H groups in total. The number of hydrogen-bond donors (Lipinski definition) is 0. The largest absolute Gasteiger partial charge is 0.104 e. The highest BCUT2D eigenvalue weighted by Crippen LogP contribution is 2.48. The first-order chi connectivity index (χ1) is 16.3. The Balaban J connectivity index is 4.22. The SMILES string of the molecule is CCCCCCCCCCCCCCC(CCCCC)P(CCCCCC)CCCCCC. The van der Waals surface area contributed by atoms with Crippen LogP contribution in [0.3, 0.4) is 0 Å². The maximum absolute atomic E-state index is 2.37. The van der Waals surface area contributed by atoms with E-state index in [-0.39, 0.29) is 7.92 Å². The van der Waals surface area contributed by atoms with Gasteiger partial charge in [-0.05, 0) is 43.7 Å². The van der Waals surface area contributed by atoms with Crippen LogP contribution in [0.25, 0.3) is 0 Å².